The van der Waals surface area contributed by atoms with Crippen molar-refractivity contribution in [3.63, 3.8) is 0 Å². The highest BCUT2D eigenvalue weighted by Crippen LogP contribution is 2.34. The number of aliphatic carboxylic acids is 1. The van der Waals surface area contributed by atoms with Crippen molar-refractivity contribution >= 4 is 17.5 Å². The molecule has 0 radical (unpaired) electrons. The van der Waals surface area contributed by atoms with Gasteiger partial charge in [0, 0.05) is 5.38 Å². The normalized spacial score (nSPS) is 13.4. The molecule has 0 saturated carbocycles. The minimum atomic E-state index is -0.891. The van der Waals surface area contributed by atoms with E-state index in [4.69, 9.17) is 5.11 Å². The van der Waals surface area contributed by atoms with Crippen molar-refractivity contribution in [2.45, 2.75) is 33.2 Å². The monoisotopic (exact) mass is 282 g/mol. The molecule has 0 bridgehead atoms. The van der Waals surface area contributed by atoms with Gasteiger partial charge in [-0.25, -0.2) is 4.68 Å². The molecule has 2 aromatic heterocycles. The third kappa shape index (κ3) is 2.92. The lowest BCUT2D eigenvalue weighted by atomic mass is 9.85. The average molecular weight is 282 g/mol. The molecule has 2 heterocycles. The molecule has 0 spiro atoms. The standard InChI is InChI=1S/C10H14N6O2S/c1-10(2,3)7(4-8(17)18)16-9(12-13-14-16)6-5-19-15-11-6/h5,7H,4H2,1-3H3,(H,17,18). The lowest BCUT2D eigenvalue weighted by Gasteiger charge is -2.29. The molecule has 0 aromatic carbocycles. The van der Waals surface area contributed by atoms with Crippen molar-refractivity contribution in [3.05, 3.63) is 5.38 Å². The fourth-order valence-electron chi connectivity index (χ4n) is 1.76. The molecule has 0 fully saturated rings. The van der Waals surface area contributed by atoms with Crippen molar-refractivity contribution in [2.24, 2.45) is 5.41 Å². The van der Waals surface area contributed by atoms with Gasteiger partial charge in [-0.1, -0.05) is 25.3 Å². The van der Waals surface area contributed by atoms with Gasteiger partial charge in [-0.3, -0.25) is 4.79 Å². The van der Waals surface area contributed by atoms with Gasteiger partial charge in [0.15, 0.2) is 0 Å². The summed E-state index contributed by atoms with van der Waals surface area (Å²) in [4.78, 5) is 11.0. The number of carboxylic acid groups (broad SMARTS) is 1. The second-order valence-electron chi connectivity index (χ2n) is 5.22. The predicted molar refractivity (Wildman–Crippen MR) is 67.5 cm³/mol. The first-order valence-corrected chi connectivity index (χ1v) is 6.50. The van der Waals surface area contributed by atoms with Crippen LogP contribution in [0.1, 0.15) is 33.2 Å². The van der Waals surface area contributed by atoms with Gasteiger partial charge in [0.2, 0.25) is 5.82 Å². The second-order valence-corrected chi connectivity index (χ2v) is 5.83. The zero-order valence-electron chi connectivity index (χ0n) is 10.8. The molecule has 8 nitrogen and oxygen atoms in total. The van der Waals surface area contributed by atoms with E-state index in [1.54, 1.807) is 5.38 Å². The van der Waals surface area contributed by atoms with Crippen molar-refractivity contribution in [2.75, 3.05) is 0 Å². The fourth-order valence-corrected chi connectivity index (χ4v) is 2.19. The molecule has 1 atom stereocenters. The number of nitrogens with zero attached hydrogens (tertiary/aromatic N) is 6. The summed E-state index contributed by atoms with van der Waals surface area (Å²) in [5, 5.41) is 26.2. The van der Waals surface area contributed by atoms with E-state index in [2.05, 4.69) is 25.1 Å². The van der Waals surface area contributed by atoms with E-state index >= 15 is 0 Å². The van der Waals surface area contributed by atoms with E-state index in [0.717, 1.165) is 0 Å². The van der Waals surface area contributed by atoms with Gasteiger partial charge in [-0.15, -0.1) is 10.2 Å². The summed E-state index contributed by atoms with van der Waals surface area (Å²) < 4.78 is 5.29. The van der Waals surface area contributed by atoms with Crippen molar-refractivity contribution in [3.8, 4) is 11.5 Å². The molecule has 2 rings (SSSR count). The Balaban J connectivity index is 2.43. The summed E-state index contributed by atoms with van der Waals surface area (Å²) in [6.07, 6.45) is -0.0564. The highest BCUT2D eigenvalue weighted by Gasteiger charge is 2.32. The summed E-state index contributed by atoms with van der Waals surface area (Å²) in [7, 11) is 0. The van der Waals surface area contributed by atoms with Crippen LogP contribution < -0.4 is 0 Å². The van der Waals surface area contributed by atoms with Crippen molar-refractivity contribution in [1.29, 1.82) is 0 Å². The van der Waals surface area contributed by atoms with Crippen LogP contribution in [0.2, 0.25) is 0 Å². The predicted octanol–water partition coefficient (Wildman–Crippen LogP) is 1.25. The Morgan fingerprint density at radius 3 is 2.74 bits per heavy atom. The van der Waals surface area contributed by atoms with Gasteiger partial charge >= 0.3 is 5.97 Å². The molecule has 0 saturated heterocycles. The summed E-state index contributed by atoms with van der Waals surface area (Å²) in [5.41, 5.74) is 0.251. The SMILES string of the molecule is CC(C)(C)C(CC(=O)O)n1nnnc1-c1csnn1. The molecular weight excluding hydrogens is 268 g/mol. The molecule has 19 heavy (non-hydrogen) atoms. The Morgan fingerprint density at radius 1 is 1.47 bits per heavy atom. The van der Waals surface area contributed by atoms with Crippen LogP contribution in [0.3, 0.4) is 0 Å². The largest absolute Gasteiger partial charge is 0.481 e. The van der Waals surface area contributed by atoms with Gasteiger partial charge in [-0.2, -0.15) is 0 Å². The molecule has 0 aliphatic heterocycles. The zero-order chi connectivity index (χ0) is 14.0. The number of hydrogen-bond acceptors (Lipinski definition) is 7. The van der Waals surface area contributed by atoms with Gasteiger partial charge in [-0.05, 0) is 27.4 Å². The maximum Gasteiger partial charge on any atom is 0.305 e. The van der Waals surface area contributed by atoms with Gasteiger partial charge in [0.1, 0.15) is 5.69 Å². The third-order valence-corrected chi connectivity index (χ3v) is 3.25. The van der Waals surface area contributed by atoms with Crippen LogP contribution in [-0.4, -0.2) is 40.9 Å². The van der Waals surface area contributed by atoms with Gasteiger partial charge in [0.05, 0.1) is 12.5 Å². The minimum Gasteiger partial charge on any atom is -0.481 e. The van der Waals surface area contributed by atoms with Gasteiger partial charge in [0.25, 0.3) is 0 Å². The number of carbonyl (C=O) groups is 1. The lowest BCUT2D eigenvalue weighted by Crippen LogP contribution is -2.28. The summed E-state index contributed by atoms with van der Waals surface area (Å²) in [6, 6.07) is -0.364. The maximum atomic E-state index is 11.0. The molecule has 0 aliphatic carbocycles. The highest BCUT2D eigenvalue weighted by molar-refractivity contribution is 7.03. The Kier molecular flexibility index (Phi) is 3.56. The zero-order valence-corrected chi connectivity index (χ0v) is 11.6. The van der Waals surface area contributed by atoms with Crippen LogP contribution in [0.15, 0.2) is 5.38 Å². The smallest absolute Gasteiger partial charge is 0.305 e. The molecule has 1 unspecified atom stereocenters. The van der Waals surface area contributed by atoms with Crippen LogP contribution >= 0.6 is 11.5 Å². The Morgan fingerprint density at radius 2 is 2.21 bits per heavy atom. The molecule has 102 valence electrons. The first-order valence-electron chi connectivity index (χ1n) is 5.66. The van der Waals surface area contributed by atoms with E-state index in [1.165, 1.54) is 16.2 Å². The Hall–Kier alpha value is -1.90. The van der Waals surface area contributed by atoms with E-state index in [9.17, 15) is 4.79 Å². The third-order valence-electron chi connectivity index (χ3n) is 2.74. The molecular formula is C10H14N6O2S. The number of rotatable bonds is 4. The summed E-state index contributed by atoms with van der Waals surface area (Å²) >= 11 is 1.19. The Labute approximate surface area is 113 Å². The van der Waals surface area contributed by atoms with Crippen LogP contribution in [0.4, 0.5) is 0 Å². The molecule has 1 N–H and O–H groups in total. The number of aromatic nitrogens is 6. The van der Waals surface area contributed by atoms with Gasteiger partial charge < -0.3 is 5.11 Å². The maximum absolute atomic E-state index is 11.0. The van der Waals surface area contributed by atoms with E-state index in [-0.39, 0.29) is 17.9 Å². The Bertz CT molecular complexity index is 559. The van der Waals surface area contributed by atoms with E-state index in [0.29, 0.717) is 11.5 Å². The van der Waals surface area contributed by atoms with Crippen LogP contribution in [0.25, 0.3) is 11.5 Å². The fraction of sp³-hybridized carbons (Fsp3) is 0.600. The van der Waals surface area contributed by atoms with Crippen molar-refractivity contribution < 1.29 is 9.90 Å². The van der Waals surface area contributed by atoms with E-state index in [1.807, 2.05) is 20.8 Å². The summed E-state index contributed by atoms with van der Waals surface area (Å²) in [6.45, 7) is 5.85. The lowest BCUT2D eigenvalue weighted by molar-refractivity contribution is -0.138. The quantitative estimate of drug-likeness (QED) is 0.899. The molecule has 9 heteroatoms. The summed E-state index contributed by atoms with van der Waals surface area (Å²) in [5.74, 6) is -0.451. The van der Waals surface area contributed by atoms with Crippen LogP contribution in [0, 0.1) is 5.41 Å². The van der Waals surface area contributed by atoms with E-state index < -0.39 is 5.97 Å². The first-order chi connectivity index (χ1) is 8.89. The number of hydrogen-bond donors (Lipinski definition) is 1. The molecule has 2 aromatic rings. The topological polar surface area (TPSA) is 107 Å². The number of carboxylic acids is 1. The average Bonchev–Trinajstić information content (AvgIpc) is 2.94. The second kappa shape index (κ2) is 5.00. The molecule has 0 aliphatic rings. The molecule has 0 amide bonds. The first kappa shape index (κ1) is 13.5. The van der Waals surface area contributed by atoms with Crippen molar-refractivity contribution in [1.82, 2.24) is 29.8 Å². The minimum absolute atomic E-state index is 0.0564. The number of tetrazole rings is 1. The van der Waals surface area contributed by atoms with Crippen LogP contribution in [0.5, 0.6) is 0 Å². The van der Waals surface area contributed by atoms with Crippen LogP contribution in [-0.2, 0) is 4.79 Å². The highest BCUT2D eigenvalue weighted by atomic mass is 32.1.